The van der Waals surface area contributed by atoms with Gasteiger partial charge in [0, 0.05) is 5.02 Å². The molecule has 2 nitrogen and oxygen atoms in total. The summed E-state index contributed by atoms with van der Waals surface area (Å²) in [5.41, 5.74) is 8.10. The third-order valence-corrected chi connectivity index (χ3v) is 3.28. The lowest BCUT2D eigenvalue weighted by atomic mass is 9.93. The van der Waals surface area contributed by atoms with Gasteiger partial charge in [0.2, 0.25) is 0 Å². The van der Waals surface area contributed by atoms with Crippen molar-refractivity contribution in [1.82, 2.24) is 0 Å². The highest BCUT2D eigenvalue weighted by molar-refractivity contribution is 6.30. The van der Waals surface area contributed by atoms with Crippen molar-refractivity contribution in [3.63, 3.8) is 0 Å². The molecule has 96 valence electrons. The lowest BCUT2D eigenvalue weighted by molar-refractivity contribution is 0.128. The molecule has 0 fully saturated rings. The number of aliphatic hydroxyl groups excluding tert-OH is 1. The van der Waals surface area contributed by atoms with Crippen molar-refractivity contribution in [3.8, 4) is 0 Å². The number of nitrogens with two attached hydrogens (primary N) is 1. The van der Waals surface area contributed by atoms with Gasteiger partial charge >= 0.3 is 0 Å². The highest BCUT2D eigenvalue weighted by Crippen LogP contribution is 2.24. The molecular weight excluding hydrogens is 234 g/mol. The van der Waals surface area contributed by atoms with Crippen LogP contribution in [0.25, 0.3) is 0 Å². The van der Waals surface area contributed by atoms with Gasteiger partial charge in [0.15, 0.2) is 0 Å². The predicted octanol–water partition coefficient (Wildman–Crippen LogP) is 3.45. The summed E-state index contributed by atoms with van der Waals surface area (Å²) in [6, 6.07) is 5.28. The Bertz CT molecular complexity index is 365. The maximum atomic E-state index is 10.1. The zero-order valence-electron chi connectivity index (χ0n) is 10.8. The van der Waals surface area contributed by atoms with E-state index in [-0.39, 0.29) is 6.04 Å². The second kappa shape index (κ2) is 6.39. The fraction of sp³-hybridized carbons (Fsp3) is 0.571. The Morgan fingerprint density at radius 3 is 2.47 bits per heavy atom. The quantitative estimate of drug-likeness (QED) is 0.847. The monoisotopic (exact) mass is 255 g/mol. The van der Waals surface area contributed by atoms with Gasteiger partial charge in [-0.25, -0.2) is 0 Å². The Morgan fingerprint density at radius 1 is 1.29 bits per heavy atom. The highest BCUT2D eigenvalue weighted by atomic mass is 35.5. The van der Waals surface area contributed by atoms with Gasteiger partial charge < -0.3 is 10.8 Å². The van der Waals surface area contributed by atoms with Crippen LogP contribution in [-0.2, 0) is 0 Å². The molecule has 0 aliphatic carbocycles. The molecule has 0 aliphatic heterocycles. The standard InChI is InChI=1S/C14H22ClNO/c1-9(2)4-7-13(17)14(16)12-6-5-11(15)8-10(12)3/h5-6,8-9,13-14,17H,4,7,16H2,1-3H3/t13-,14+/m1/s1. The molecule has 2 atom stereocenters. The molecule has 0 aromatic heterocycles. The first-order valence-corrected chi connectivity index (χ1v) is 6.49. The van der Waals surface area contributed by atoms with Crippen LogP contribution < -0.4 is 5.73 Å². The van der Waals surface area contributed by atoms with E-state index in [0.717, 1.165) is 24.0 Å². The second-order valence-corrected chi connectivity index (χ2v) is 5.50. The summed E-state index contributed by atoms with van der Waals surface area (Å²) in [6.07, 6.45) is 1.24. The maximum absolute atomic E-state index is 10.1. The first-order chi connectivity index (χ1) is 7.91. The summed E-state index contributed by atoms with van der Waals surface area (Å²) in [4.78, 5) is 0. The minimum atomic E-state index is -0.489. The van der Waals surface area contributed by atoms with Crippen LogP contribution in [0.15, 0.2) is 18.2 Å². The third-order valence-electron chi connectivity index (χ3n) is 3.05. The molecule has 0 bridgehead atoms. The van der Waals surface area contributed by atoms with Crippen molar-refractivity contribution in [2.45, 2.75) is 45.8 Å². The molecule has 0 saturated carbocycles. The van der Waals surface area contributed by atoms with Crippen molar-refractivity contribution < 1.29 is 5.11 Å². The molecule has 0 saturated heterocycles. The average Bonchev–Trinajstić information content (AvgIpc) is 2.25. The highest BCUT2D eigenvalue weighted by Gasteiger charge is 2.18. The van der Waals surface area contributed by atoms with Gasteiger partial charge in [-0.2, -0.15) is 0 Å². The summed E-state index contributed by atoms with van der Waals surface area (Å²) >= 11 is 5.90. The first-order valence-electron chi connectivity index (χ1n) is 6.11. The smallest absolute Gasteiger partial charge is 0.0733 e. The topological polar surface area (TPSA) is 46.2 Å². The van der Waals surface area contributed by atoms with E-state index in [4.69, 9.17) is 17.3 Å². The number of aliphatic hydroxyl groups is 1. The normalized spacial score (nSPS) is 15.0. The van der Waals surface area contributed by atoms with Gasteiger partial charge in [-0.3, -0.25) is 0 Å². The number of rotatable bonds is 5. The van der Waals surface area contributed by atoms with Crippen LogP contribution in [-0.4, -0.2) is 11.2 Å². The third kappa shape index (κ3) is 4.30. The molecule has 1 aromatic rings. The van der Waals surface area contributed by atoms with Crippen molar-refractivity contribution in [2.75, 3.05) is 0 Å². The molecular formula is C14H22ClNO. The van der Waals surface area contributed by atoms with E-state index in [0.29, 0.717) is 10.9 Å². The number of aryl methyl sites for hydroxylation is 1. The predicted molar refractivity (Wildman–Crippen MR) is 73.2 cm³/mol. The first kappa shape index (κ1) is 14.5. The fourth-order valence-corrected chi connectivity index (χ4v) is 2.13. The van der Waals surface area contributed by atoms with Crippen LogP contribution in [0.1, 0.15) is 43.9 Å². The van der Waals surface area contributed by atoms with Gasteiger partial charge in [-0.05, 0) is 48.9 Å². The van der Waals surface area contributed by atoms with Crippen LogP contribution in [0.4, 0.5) is 0 Å². The molecule has 0 amide bonds. The number of benzene rings is 1. The van der Waals surface area contributed by atoms with E-state index in [1.807, 2.05) is 25.1 Å². The summed E-state index contributed by atoms with van der Waals surface area (Å²) in [7, 11) is 0. The second-order valence-electron chi connectivity index (χ2n) is 5.07. The molecule has 0 aliphatic rings. The van der Waals surface area contributed by atoms with Gasteiger partial charge in [0.1, 0.15) is 0 Å². The molecule has 3 N–H and O–H groups in total. The van der Waals surface area contributed by atoms with E-state index >= 15 is 0 Å². The summed E-state index contributed by atoms with van der Waals surface area (Å²) < 4.78 is 0. The molecule has 17 heavy (non-hydrogen) atoms. The molecule has 1 aromatic carbocycles. The minimum absolute atomic E-state index is 0.328. The zero-order chi connectivity index (χ0) is 13.0. The van der Waals surface area contributed by atoms with Crippen LogP contribution in [0.3, 0.4) is 0 Å². The van der Waals surface area contributed by atoms with Gasteiger partial charge in [-0.15, -0.1) is 0 Å². The molecule has 1 rings (SSSR count). The van der Waals surface area contributed by atoms with E-state index in [9.17, 15) is 5.11 Å². The van der Waals surface area contributed by atoms with Crippen molar-refractivity contribution in [2.24, 2.45) is 11.7 Å². The number of hydrogen-bond acceptors (Lipinski definition) is 2. The van der Waals surface area contributed by atoms with E-state index in [2.05, 4.69) is 13.8 Å². The fourth-order valence-electron chi connectivity index (χ4n) is 1.90. The van der Waals surface area contributed by atoms with Crippen LogP contribution in [0, 0.1) is 12.8 Å². The van der Waals surface area contributed by atoms with Crippen LogP contribution in [0.2, 0.25) is 5.02 Å². The van der Waals surface area contributed by atoms with Gasteiger partial charge in [0.25, 0.3) is 0 Å². The maximum Gasteiger partial charge on any atom is 0.0733 e. The Labute approximate surface area is 109 Å². The largest absolute Gasteiger partial charge is 0.391 e. The Balaban J connectivity index is 2.71. The van der Waals surface area contributed by atoms with E-state index < -0.39 is 6.10 Å². The van der Waals surface area contributed by atoms with Crippen LogP contribution >= 0.6 is 11.6 Å². The number of halogens is 1. The number of hydrogen-bond donors (Lipinski definition) is 2. The molecule has 0 spiro atoms. The summed E-state index contributed by atoms with van der Waals surface area (Å²) in [6.45, 7) is 6.26. The van der Waals surface area contributed by atoms with Gasteiger partial charge in [-0.1, -0.05) is 31.5 Å². The Hall–Kier alpha value is -0.570. The lowest BCUT2D eigenvalue weighted by Gasteiger charge is -2.21. The minimum Gasteiger partial charge on any atom is -0.391 e. The van der Waals surface area contributed by atoms with E-state index in [1.54, 1.807) is 0 Å². The summed E-state index contributed by atoms with van der Waals surface area (Å²) in [5, 5.41) is 10.8. The van der Waals surface area contributed by atoms with E-state index in [1.165, 1.54) is 0 Å². The average molecular weight is 256 g/mol. The van der Waals surface area contributed by atoms with Crippen molar-refractivity contribution in [1.29, 1.82) is 0 Å². The SMILES string of the molecule is Cc1cc(Cl)ccc1[C@H](N)[C@H](O)CCC(C)C. The zero-order valence-corrected chi connectivity index (χ0v) is 11.5. The molecule has 0 unspecified atom stereocenters. The Morgan fingerprint density at radius 2 is 1.94 bits per heavy atom. The molecule has 0 heterocycles. The molecule has 0 radical (unpaired) electrons. The van der Waals surface area contributed by atoms with Crippen LogP contribution in [0.5, 0.6) is 0 Å². The lowest BCUT2D eigenvalue weighted by Crippen LogP contribution is -2.27. The molecule has 3 heteroatoms. The van der Waals surface area contributed by atoms with Crippen molar-refractivity contribution >= 4 is 11.6 Å². The Kier molecular flexibility index (Phi) is 5.44. The van der Waals surface area contributed by atoms with Gasteiger partial charge in [0.05, 0.1) is 12.1 Å². The van der Waals surface area contributed by atoms with Crippen molar-refractivity contribution in [3.05, 3.63) is 34.3 Å². The summed E-state index contributed by atoms with van der Waals surface area (Å²) in [5.74, 6) is 0.586.